The van der Waals surface area contributed by atoms with E-state index in [0.29, 0.717) is 6.42 Å². The fourth-order valence-corrected chi connectivity index (χ4v) is 3.31. The molecule has 1 atom stereocenters. The topological polar surface area (TPSA) is 38.7 Å². The summed E-state index contributed by atoms with van der Waals surface area (Å²) in [4.78, 5) is 0. The van der Waals surface area contributed by atoms with Crippen LogP contribution >= 0.6 is 0 Å². The van der Waals surface area contributed by atoms with Crippen molar-refractivity contribution in [2.24, 2.45) is 0 Å². The maximum absolute atomic E-state index is 8.44. The summed E-state index contributed by atoms with van der Waals surface area (Å²) >= 11 is 0. The summed E-state index contributed by atoms with van der Waals surface area (Å²) in [5, 5.41) is 8.44. The van der Waals surface area contributed by atoms with Gasteiger partial charge in [0.05, 0.1) is 0 Å². The maximum Gasteiger partial charge on any atom is 0.153 e. The molecule has 0 aliphatic carbocycles. The van der Waals surface area contributed by atoms with Crippen LogP contribution in [0.1, 0.15) is 136 Å². The predicted molar refractivity (Wildman–Crippen MR) is 124 cm³/mol. The molecule has 0 aliphatic heterocycles. The molecule has 172 valence electrons. The van der Waals surface area contributed by atoms with Gasteiger partial charge in [-0.15, -0.1) is 0 Å². The Labute approximate surface area is 178 Å². The molecule has 0 aliphatic rings. The lowest BCUT2D eigenvalue weighted by Gasteiger charge is -2.03. The van der Waals surface area contributed by atoms with Gasteiger partial charge in [-0.3, -0.25) is 0 Å². The Hall–Kier alpha value is -0.120. The molecule has 3 heteroatoms. The van der Waals surface area contributed by atoms with E-state index in [1.165, 1.54) is 123 Å². The molecule has 0 saturated heterocycles. The molecule has 3 nitrogen and oxygen atoms in total. The highest BCUT2D eigenvalue weighted by Gasteiger charge is 1.95. The number of aliphatic hydroxyl groups excluding tert-OH is 1. The van der Waals surface area contributed by atoms with Gasteiger partial charge in [0.25, 0.3) is 0 Å². The van der Waals surface area contributed by atoms with Crippen LogP contribution in [0.2, 0.25) is 0 Å². The van der Waals surface area contributed by atoms with Gasteiger partial charge in [-0.25, -0.2) is 0 Å². The number of hydrogen-bond donors (Lipinski definition) is 1. The molecule has 0 aromatic carbocycles. The van der Waals surface area contributed by atoms with E-state index in [4.69, 9.17) is 9.84 Å². The Morgan fingerprint density at radius 3 is 1.07 bits per heavy atom. The Morgan fingerprint density at radius 2 is 0.857 bits per heavy atom. The van der Waals surface area contributed by atoms with E-state index in [1.54, 1.807) is 7.11 Å². The van der Waals surface area contributed by atoms with Gasteiger partial charge in [-0.1, -0.05) is 123 Å². The maximum atomic E-state index is 8.44. The van der Waals surface area contributed by atoms with Gasteiger partial charge in [0.15, 0.2) is 6.29 Å². The molecule has 0 aromatic rings. The Bertz CT molecular complexity index is 222. The molecule has 28 heavy (non-hydrogen) atoms. The molecule has 0 bridgehead atoms. The number of aliphatic hydroxyl groups is 1. The third-order valence-corrected chi connectivity index (χ3v) is 5.32. The number of ether oxygens (including phenoxy) is 2. The van der Waals surface area contributed by atoms with Crippen LogP contribution in [0.25, 0.3) is 0 Å². The van der Waals surface area contributed by atoms with E-state index in [-0.39, 0.29) is 0 Å². The van der Waals surface area contributed by atoms with Gasteiger partial charge in [0.2, 0.25) is 0 Å². The van der Waals surface area contributed by atoms with Crippen LogP contribution in [0, 0.1) is 0 Å². The van der Waals surface area contributed by atoms with Gasteiger partial charge in [-0.2, -0.15) is 0 Å². The van der Waals surface area contributed by atoms with Crippen LogP contribution in [-0.4, -0.2) is 32.2 Å². The first-order valence-electron chi connectivity index (χ1n) is 12.4. The van der Waals surface area contributed by atoms with Crippen molar-refractivity contribution in [3.05, 3.63) is 0 Å². The second kappa shape index (κ2) is 29.1. The van der Waals surface area contributed by atoms with Crippen LogP contribution in [0.3, 0.4) is 0 Å². The highest BCUT2D eigenvalue weighted by atomic mass is 16.6. The number of unbranched alkanes of at least 4 members (excludes halogenated alkanes) is 17. The van der Waals surface area contributed by atoms with Crippen molar-refractivity contribution in [2.45, 2.75) is 142 Å². The minimum Gasteiger partial charge on any atom is -0.385 e. The molecule has 1 unspecified atom stereocenters. The second-order valence-corrected chi connectivity index (χ2v) is 8.10. The van der Waals surface area contributed by atoms with Crippen molar-refractivity contribution < 1.29 is 14.6 Å². The van der Waals surface area contributed by atoms with Crippen molar-refractivity contribution in [3.8, 4) is 0 Å². The average Bonchev–Trinajstić information content (AvgIpc) is 2.72. The summed E-state index contributed by atoms with van der Waals surface area (Å²) in [5.74, 6) is 0. The molecular weight excluding hydrogens is 348 g/mol. The van der Waals surface area contributed by atoms with Crippen LogP contribution in [0.4, 0.5) is 0 Å². The smallest absolute Gasteiger partial charge is 0.153 e. The summed E-state index contributed by atoms with van der Waals surface area (Å²) in [7, 11) is 3.28. The summed E-state index contributed by atoms with van der Waals surface area (Å²) in [6, 6.07) is 0. The normalized spacial score (nSPS) is 11.9. The van der Waals surface area contributed by atoms with Crippen molar-refractivity contribution in [3.63, 3.8) is 0 Å². The van der Waals surface area contributed by atoms with Crippen molar-refractivity contribution >= 4 is 0 Å². The number of rotatable bonds is 21. The van der Waals surface area contributed by atoms with E-state index >= 15 is 0 Å². The molecule has 0 amide bonds. The van der Waals surface area contributed by atoms with Crippen LogP contribution in [-0.2, 0) is 9.47 Å². The van der Waals surface area contributed by atoms with Crippen molar-refractivity contribution in [1.82, 2.24) is 0 Å². The van der Waals surface area contributed by atoms with Crippen LogP contribution in [0.15, 0.2) is 0 Å². The van der Waals surface area contributed by atoms with E-state index in [2.05, 4.69) is 11.7 Å². The highest BCUT2D eigenvalue weighted by Crippen LogP contribution is 2.14. The van der Waals surface area contributed by atoms with E-state index in [1.807, 2.05) is 6.92 Å². The molecule has 0 fully saturated rings. The van der Waals surface area contributed by atoms with E-state index in [9.17, 15) is 0 Å². The first-order chi connectivity index (χ1) is 13.7. The fraction of sp³-hybridized carbons (Fsp3) is 1.00. The molecular formula is C25H54O3. The minimum atomic E-state index is -0.565. The molecule has 1 N–H and O–H groups in total. The first kappa shape index (κ1) is 30.1. The monoisotopic (exact) mass is 402 g/mol. The average molecular weight is 403 g/mol. The molecule has 0 heterocycles. The zero-order chi connectivity index (χ0) is 21.1. The largest absolute Gasteiger partial charge is 0.385 e. The SMILES string of the molecule is CCC(O)OC.CCCCCCCCCCCCCCCCCCCCOC. The molecule has 0 aromatic heterocycles. The lowest BCUT2D eigenvalue weighted by Crippen LogP contribution is -2.05. The molecule has 0 radical (unpaired) electrons. The van der Waals surface area contributed by atoms with Crippen molar-refractivity contribution in [1.29, 1.82) is 0 Å². The zero-order valence-corrected chi connectivity index (χ0v) is 20.0. The molecule has 0 spiro atoms. The Kier molecular flexibility index (Phi) is 31.2. The minimum absolute atomic E-state index is 0.565. The predicted octanol–water partition coefficient (Wildman–Crippen LogP) is 8.04. The summed E-state index contributed by atoms with van der Waals surface area (Å²) in [6.07, 6.45) is 26.0. The van der Waals surface area contributed by atoms with E-state index < -0.39 is 6.29 Å². The van der Waals surface area contributed by atoms with Crippen LogP contribution < -0.4 is 0 Å². The van der Waals surface area contributed by atoms with Gasteiger partial charge in [-0.05, 0) is 12.8 Å². The second-order valence-electron chi connectivity index (χ2n) is 8.10. The lowest BCUT2D eigenvalue weighted by atomic mass is 10.0. The van der Waals surface area contributed by atoms with Gasteiger partial charge in [0.1, 0.15) is 0 Å². The molecule has 0 saturated carbocycles. The lowest BCUT2D eigenvalue weighted by molar-refractivity contribution is -0.0748. The number of hydrogen-bond acceptors (Lipinski definition) is 3. The number of methoxy groups -OCH3 is 2. The summed E-state index contributed by atoms with van der Waals surface area (Å²) < 4.78 is 9.53. The zero-order valence-electron chi connectivity index (χ0n) is 20.0. The van der Waals surface area contributed by atoms with Crippen molar-refractivity contribution in [2.75, 3.05) is 20.8 Å². The third kappa shape index (κ3) is 30.6. The quantitative estimate of drug-likeness (QED) is 0.156. The summed E-state index contributed by atoms with van der Waals surface area (Å²) in [6.45, 7) is 5.09. The van der Waals surface area contributed by atoms with Gasteiger partial charge >= 0.3 is 0 Å². The first-order valence-corrected chi connectivity index (χ1v) is 12.4. The summed E-state index contributed by atoms with van der Waals surface area (Å²) in [5.41, 5.74) is 0. The fourth-order valence-electron chi connectivity index (χ4n) is 3.31. The van der Waals surface area contributed by atoms with Crippen LogP contribution in [0.5, 0.6) is 0 Å². The Balaban J connectivity index is 0. The van der Waals surface area contributed by atoms with Gasteiger partial charge < -0.3 is 14.6 Å². The van der Waals surface area contributed by atoms with E-state index in [0.717, 1.165) is 6.61 Å². The third-order valence-electron chi connectivity index (χ3n) is 5.32. The molecule has 0 rings (SSSR count). The highest BCUT2D eigenvalue weighted by molar-refractivity contribution is 4.50. The Morgan fingerprint density at radius 1 is 0.536 bits per heavy atom. The van der Waals surface area contributed by atoms with Gasteiger partial charge in [0, 0.05) is 20.8 Å². The standard InChI is InChI=1S/C21H44O.C4H10O2/c1-3-4-5-6-7-8-9-10-11-12-13-14-15-16-17-18-19-20-21-22-2;1-3-4(5)6-2/h3-21H2,1-2H3;4-5H,3H2,1-2H3.